The first-order valence-corrected chi connectivity index (χ1v) is 5.29. The molecule has 0 bridgehead atoms. The van der Waals surface area contributed by atoms with Crippen LogP contribution in [0.2, 0.25) is 0 Å². The Balaban J connectivity index is 2.17. The largest absolute Gasteiger partial charge is 0.425 e. The van der Waals surface area contributed by atoms with Crippen molar-refractivity contribution >= 4 is 11.3 Å². The van der Waals surface area contributed by atoms with Crippen LogP contribution in [-0.4, -0.2) is 6.54 Å². The third-order valence-electron chi connectivity index (χ3n) is 2.31. The second-order valence-corrected chi connectivity index (χ2v) is 4.46. The van der Waals surface area contributed by atoms with Crippen LogP contribution < -0.4 is 5.32 Å². The lowest BCUT2D eigenvalue weighted by Crippen LogP contribution is -2.11. The maximum absolute atomic E-state index is 12.3. The Bertz CT molecular complexity index is 312. The van der Waals surface area contributed by atoms with Crippen LogP contribution in [0.1, 0.15) is 28.6 Å². The van der Waals surface area contributed by atoms with E-state index in [1.807, 2.05) is 0 Å². The van der Waals surface area contributed by atoms with Gasteiger partial charge in [0.15, 0.2) is 0 Å². The summed E-state index contributed by atoms with van der Waals surface area (Å²) in [6.07, 6.45) is -2.21. The van der Waals surface area contributed by atoms with Gasteiger partial charge in [-0.1, -0.05) is 0 Å². The molecule has 0 unspecified atom stereocenters. The minimum absolute atomic E-state index is 0.135. The van der Waals surface area contributed by atoms with Crippen molar-refractivity contribution in [3.05, 3.63) is 21.9 Å². The lowest BCUT2D eigenvalue weighted by atomic mass is 10.2. The summed E-state index contributed by atoms with van der Waals surface area (Å²) >= 11 is 0.850. The molecule has 1 atom stereocenters. The zero-order valence-electron chi connectivity index (χ0n) is 7.40. The second-order valence-electron chi connectivity index (χ2n) is 3.35. The van der Waals surface area contributed by atoms with E-state index < -0.39 is 11.1 Å². The van der Waals surface area contributed by atoms with Crippen molar-refractivity contribution < 1.29 is 13.2 Å². The predicted octanol–water partition coefficient (Wildman–Crippen LogP) is 3.19. The molecule has 0 spiro atoms. The standard InChI is InChI=1S/C9H10F3NS/c10-9(11,12)8-4-3-7(14-8)6-2-1-5-13-6/h3-4,6,13H,1-2,5H2/t6-/m0/s1. The van der Waals surface area contributed by atoms with Gasteiger partial charge in [0, 0.05) is 10.9 Å². The highest BCUT2D eigenvalue weighted by molar-refractivity contribution is 7.12. The number of halogens is 3. The summed E-state index contributed by atoms with van der Waals surface area (Å²) in [5.74, 6) is 0. The molecule has 1 fully saturated rings. The fraction of sp³-hybridized carbons (Fsp3) is 0.556. The van der Waals surface area contributed by atoms with Crippen molar-refractivity contribution in [3.63, 3.8) is 0 Å². The van der Waals surface area contributed by atoms with Crippen molar-refractivity contribution in [1.29, 1.82) is 0 Å². The van der Waals surface area contributed by atoms with Crippen LogP contribution in [0.3, 0.4) is 0 Å². The molecular weight excluding hydrogens is 211 g/mol. The molecule has 1 aliphatic heterocycles. The van der Waals surface area contributed by atoms with Gasteiger partial charge in [-0.2, -0.15) is 13.2 Å². The molecule has 1 aromatic rings. The molecule has 14 heavy (non-hydrogen) atoms. The molecule has 0 radical (unpaired) electrons. The van der Waals surface area contributed by atoms with Gasteiger partial charge in [-0.25, -0.2) is 0 Å². The highest BCUT2D eigenvalue weighted by Crippen LogP contribution is 2.38. The molecule has 1 saturated heterocycles. The first-order valence-electron chi connectivity index (χ1n) is 4.48. The van der Waals surface area contributed by atoms with E-state index in [1.165, 1.54) is 6.07 Å². The highest BCUT2D eigenvalue weighted by Gasteiger charge is 2.33. The second kappa shape index (κ2) is 3.55. The Labute approximate surface area is 83.9 Å². The van der Waals surface area contributed by atoms with Gasteiger partial charge in [0.25, 0.3) is 0 Å². The smallest absolute Gasteiger partial charge is 0.309 e. The summed E-state index contributed by atoms with van der Waals surface area (Å²) < 4.78 is 36.8. The van der Waals surface area contributed by atoms with E-state index in [4.69, 9.17) is 0 Å². The van der Waals surface area contributed by atoms with Crippen molar-refractivity contribution in [2.75, 3.05) is 6.54 Å². The number of rotatable bonds is 1. The van der Waals surface area contributed by atoms with Gasteiger partial charge in [-0.05, 0) is 31.5 Å². The summed E-state index contributed by atoms with van der Waals surface area (Å²) in [5, 5.41) is 3.18. The molecule has 2 rings (SSSR count). The van der Waals surface area contributed by atoms with Crippen LogP contribution in [0.15, 0.2) is 12.1 Å². The molecule has 1 aliphatic rings. The number of alkyl halides is 3. The Morgan fingerprint density at radius 3 is 2.64 bits per heavy atom. The van der Waals surface area contributed by atoms with Crippen LogP contribution >= 0.6 is 11.3 Å². The minimum atomic E-state index is -4.19. The third kappa shape index (κ3) is 1.93. The molecule has 1 N–H and O–H groups in total. The maximum atomic E-state index is 12.3. The third-order valence-corrected chi connectivity index (χ3v) is 3.55. The van der Waals surface area contributed by atoms with Gasteiger partial charge in [-0.3, -0.25) is 0 Å². The van der Waals surface area contributed by atoms with Gasteiger partial charge < -0.3 is 5.32 Å². The zero-order chi connectivity index (χ0) is 10.2. The van der Waals surface area contributed by atoms with E-state index in [0.29, 0.717) is 0 Å². The topological polar surface area (TPSA) is 12.0 Å². The number of nitrogens with one attached hydrogen (secondary N) is 1. The number of hydrogen-bond donors (Lipinski definition) is 1. The Hall–Kier alpha value is -0.550. The average molecular weight is 221 g/mol. The van der Waals surface area contributed by atoms with Crippen LogP contribution in [0.5, 0.6) is 0 Å². The van der Waals surface area contributed by atoms with Gasteiger partial charge in [0.2, 0.25) is 0 Å². The molecule has 78 valence electrons. The van der Waals surface area contributed by atoms with E-state index in [0.717, 1.165) is 35.6 Å². The Morgan fingerprint density at radius 2 is 2.14 bits per heavy atom. The molecule has 1 nitrogen and oxygen atoms in total. The van der Waals surface area contributed by atoms with Crippen LogP contribution in [0.25, 0.3) is 0 Å². The first-order chi connectivity index (χ1) is 6.57. The van der Waals surface area contributed by atoms with Crippen molar-refractivity contribution in [1.82, 2.24) is 5.32 Å². The Kier molecular flexibility index (Phi) is 2.53. The molecule has 0 saturated carbocycles. The molecule has 2 heterocycles. The van der Waals surface area contributed by atoms with E-state index in [1.54, 1.807) is 6.07 Å². The van der Waals surface area contributed by atoms with Crippen molar-refractivity contribution in [3.8, 4) is 0 Å². The fourth-order valence-corrected chi connectivity index (χ4v) is 2.61. The van der Waals surface area contributed by atoms with Gasteiger partial charge >= 0.3 is 6.18 Å². The first kappa shape index (κ1) is 9.98. The number of thiophene rings is 1. The maximum Gasteiger partial charge on any atom is 0.425 e. The van der Waals surface area contributed by atoms with E-state index >= 15 is 0 Å². The van der Waals surface area contributed by atoms with Crippen LogP contribution in [0.4, 0.5) is 13.2 Å². The summed E-state index contributed by atoms with van der Waals surface area (Å²) in [7, 11) is 0. The van der Waals surface area contributed by atoms with E-state index in [9.17, 15) is 13.2 Å². The van der Waals surface area contributed by atoms with Gasteiger partial charge in [-0.15, -0.1) is 11.3 Å². The molecule has 0 aromatic carbocycles. The van der Waals surface area contributed by atoms with E-state index in [2.05, 4.69) is 5.32 Å². The summed E-state index contributed by atoms with van der Waals surface area (Å²) in [5.41, 5.74) is 0. The van der Waals surface area contributed by atoms with Crippen molar-refractivity contribution in [2.24, 2.45) is 0 Å². The van der Waals surface area contributed by atoms with Crippen LogP contribution in [0, 0.1) is 0 Å². The predicted molar refractivity (Wildman–Crippen MR) is 49.3 cm³/mol. The molecule has 0 amide bonds. The average Bonchev–Trinajstić information content (AvgIpc) is 2.73. The number of hydrogen-bond acceptors (Lipinski definition) is 2. The summed E-state index contributed by atoms with van der Waals surface area (Å²) in [4.78, 5) is 0.302. The monoisotopic (exact) mass is 221 g/mol. The van der Waals surface area contributed by atoms with Crippen LogP contribution in [-0.2, 0) is 6.18 Å². The zero-order valence-corrected chi connectivity index (χ0v) is 8.21. The molecule has 0 aliphatic carbocycles. The normalized spacial score (nSPS) is 22.9. The summed E-state index contributed by atoms with van der Waals surface area (Å²) in [6.45, 7) is 0.907. The Morgan fingerprint density at radius 1 is 1.36 bits per heavy atom. The van der Waals surface area contributed by atoms with Crippen molar-refractivity contribution in [2.45, 2.75) is 25.1 Å². The molecular formula is C9H10F3NS. The fourth-order valence-electron chi connectivity index (χ4n) is 1.62. The van der Waals surface area contributed by atoms with E-state index in [-0.39, 0.29) is 6.04 Å². The lowest BCUT2D eigenvalue weighted by molar-refractivity contribution is -0.134. The van der Waals surface area contributed by atoms with Gasteiger partial charge in [0.05, 0.1) is 0 Å². The quantitative estimate of drug-likeness (QED) is 0.768. The highest BCUT2D eigenvalue weighted by atomic mass is 32.1. The SMILES string of the molecule is FC(F)(F)c1ccc([C@@H]2CCCN2)s1. The lowest BCUT2D eigenvalue weighted by Gasteiger charge is -2.06. The summed E-state index contributed by atoms with van der Waals surface area (Å²) in [6, 6.07) is 2.88. The molecule has 5 heteroatoms. The molecule has 1 aromatic heterocycles. The minimum Gasteiger partial charge on any atom is -0.309 e. The van der Waals surface area contributed by atoms with Gasteiger partial charge in [0.1, 0.15) is 4.88 Å².